The summed E-state index contributed by atoms with van der Waals surface area (Å²) in [6.07, 6.45) is 2.34. The Hall–Kier alpha value is -2.39. The van der Waals surface area contributed by atoms with E-state index in [0.717, 1.165) is 22.4 Å². The van der Waals surface area contributed by atoms with E-state index < -0.39 is 5.82 Å². The first-order chi connectivity index (χ1) is 13.1. The molecule has 0 radical (unpaired) electrons. The predicted octanol–water partition coefficient (Wildman–Crippen LogP) is 4.67. The Labute approximate surface area is 166 Å². The fraction of sp³-hybridized carbons (Fsp3) is 0.167. The highest BCUT2D eigenvalue weighted by Crippen LogP contribution is 2.29. The Morgan fingerprint density at radius 3 is 2.93 bits per heavy atom. The number of furan rings is 1. The van der Waals surface area contributed by atoms with E-state index in [-0.39, 0.29) is 17.3 Å². The number of nitrogens with one attached hydrogen (secondary N) is 1. The van der Waals surface area contributed by atoms with Crippen LogP contribution in [0.25, 0.3) is 16.6 Å². The average molecular weight is 449 g/mol. The van der Waals surface area contributed by atoms with Gasteiger partial charge in [-0.25, -0.2) is 4.39 Å². The summed E-state index contributed by atoms with van der Waals surface area (Å²) < 4.78 is 21.9. The van der Waals surface area contributed by atoms with Crippen molar-refractivity contribution in [3.05, 3.63) is 52.7 Å². The summed E-state index contributed by atoms with van der Waals surface area (Å²) in [4.78, 5) is 12.2. The Bertz CT molecular complexity index is 1160. The molecule has 0 aliphatic heterocycles. The molecule has 0 saturated heterocycles. The maximum absolute atomic E-state index is 13.9. The van der Waals surface area contributed by atoms with E-state index in [0.29, 0.717) is 15.9 Å². The van der Waals surface area contributed by atoms with Gasteiger partial charge >= 0.3 is 0 Å². The van der Waals surface area contributed by atoms with E-state index in [1.807, 2.05) is 23.5 Å². The van der Waals surface area contributed by atoms with E-state index >= 15 is 0 Å². The maximum atomic E-state index is 13.9. The van der Waals surface area contributed by atoms with Crippen LogP contribution in [-0.4, -0.2) is 26.3 Å². The molecule has 0 spiro atoms. The van der Waals surface area contributed by atoms with Crippen molar-refractivity contribution in [2.75, 3.05) is 11.1 Å². The molecule has 9 heteroatoms. The summed E-state index contributed by atoms with van der Waals surface area (Å²) in [5.41, 5.74) is 2.63. The van der Waals surface area contributed by atoms with Gasteiger partial charge in [0.1, 0.15) is 16.7 Å². The van der Waals surface area contributed by atoms with Crippen LogP contribution in [0, 0.1) is 5.82 Å². The van der Waals surface area contributed by atoms with Crippen LogP contribution in [0.3, 0.4) is 0 Å². The van der Waals surface area contributed by atoms with Gasteiger partial charge in [0.25, 0.3) is 0 Å². The van der Waals surface area contributed by atoms with Crippen LogP contribution in [-0.2, 0) is 11.2 Å². The van der Waals surface area contributed by atoms with Gasteiger partial charge in [-0.15, -0.1) is 10.2 Å². The number of carbonyl (C=O) groups excluding carboxylic acids is 1. The fourth-order valence-corrected chi connectivity index (χ4v) is 3.87. The molecule has 3 aromatic heterocycles. The first-order valence-corrected chi connectivity index (χ1v) is 9.96. The van der Waals surface area contributed by atoms with Crippen molar-refractivity contribution in [1.82, 2.24) is 14.6 Å². The number of halogens is 2. The molecule has 0 saturated carbocycles. The summed E-state index contributed by atoms with van der Waals surface area (Å²) in [5.74, 6) is 0.0741. The minimum Gasteiger partial charge on any atom is -0.463 e. The maximum Gasteiger partial charge on any atom is 0.234 e. The molecule has 1 N–H and O–H groups in total. The fourth-order valence-electron chi connectivity index (χ4n) is 2.80. The minimum absolute atomic E-state index is 0.0812. The highest BCUT2D eigenvalue weighted by atomic mass is 79.9. The van der Waals surface area contributed by atoms with E-state index in [1.54, 1.807) is 12.3 Å². The number of carbonyl (C=O) groups is 1. The van der Waals surface area contributed by atoms with Crippen molar-refractivity contribution < 1.29 is 13.6 Å². The molecule has 27 heavy (non-hydrogen) atoms. The third-order valence-electron chi connectivity index (χ3n) is 4.02. The monoisotopic (exact) mass is 448 g/mol. The predicted molar refractivity (Wildman–Crippen MR) is 106 cm³/mol. The van der Waals surface area contributed by atoms with Gasteiger partial charge in [0, 0.05) is 23.0 Å². The van der Waals surface area contributed by atoms with Crippen LogP contribution in [0.15, 0.2) is 50.5 Å². The van der Waals surface area contributed by atoms with E-state index in [1.165, 1.54) is 23.9 Å². The molecule has 0 fully saturated rings. The zero-order valence-corrected chi connectivity index (χ0v) is 16.6. The van der Waals surface area contributed by atoms with Gasteiger partial charge in [-0.2, -0.15) is 0 Å². The lowest BCUT2D eigenvalue weighted by Crippen LogP contribution is -2.15. The number of amides is 1. The Morgan fingerprint density at radius 2 is 2.15 bits per heavy atom. The first kappa shape index (κ1) is 18.0. The lowest BCUT2D eigenvalue weighted by Gasteiger charge is -2.08. The number of thioether (sulfide) groups is 1. The molecule has 6 nitrogen and oxygen atoms in total. The highest BCUT2D eigenvalue weighted by molar-refractivity contribution is 9.10. The van der Waals surface area contributed by atoms with Crippen LogP contribution in [0.4, 0.5) is 10.1 Å². The second kappa shape index (κ2) is 7.32. The van der Waals surface area contributed by atoms with Crippen molar-refractivity contribution in [1.29, 1.82) is 0 Å². The minimum atomic E-state index is -0.496. The molecule has 4 aromatic rings. The molecule has 1 amide bonds. The molecule has 3 heterocycles. The molecule has 0 unspecified atom stereocenters. The van der Waals surface area contributed by atoms with Crippen molar-refractivity contribution in [2.24, 2.45) is 0 Å². The van der Waals surface area contributed by atoms with Crippen LogP contribution in [0.5, 0.6) is 0 Å². The quantitative estimate of drug-likeness (QED) is 0.449. The Balaban J connectivity index is 1.56. The summed E-state index contributed by atoms with van der Waals surface area (Å²) in [7, 11) is 0. The van der Waals surface area contributed by atoms with E-state index in [9.17, 15) is 9.18 Å². The third-order valence-corrected chi connectivity index (χ3v) is 5.48. The SMILES string of the molecule is CCc1nnc(SCC(=O)Nc2ccc(Br)cc2F)c2cc3occc3n12. The van der Waals surface area contributed by atoms with Crippen LogP contribution < -0.4 is 5.32 Å². The van der Waals surface area contributed by atoms with Gasteiger partial charge < -0.3 is 9.73 Å². The van der Waals surface area contributed by atoms with Crippen molar-refractivity contribution in [2.45, 2.75) is 18.4 Å². The zero-order chi connectivity index (χ0) is 19.0. The summed E-state index contributed by atoms with van der Waals surface area (Å²) in [5, 5.41) is 11.7. The molecule has 1 aromatic carbocycles. The second-order valence-corrected chi connectivity index (χ2v) is 7.65. The molecular weight excluding hydrogens is 435 g/mol. The van der Waals surface area contributed by atoms with Crippen molar-refractivity contribution in [3.63, 3.8) is 0 Å². The normalized spacial score (nSPS) is 11.4. The molecule has 0 aliphatic carbocycles. The molecule has 4 rings (SSSR count). The highest BCUT2D eigenvalue weighted by Gasteiger charge is 2.16. The lowest BCUT2D eigenvalue weighted by molar-refractivity contribution is -0.113. The van der Waals surface area contributed by atoms with Crippen molar-refractivity contribution in [3.8, 4) is 0 Å². The standard InChI is InChI=1S/C18H14BrFN4O2S/c1-2-16-22-23-18(14-8-15-13(24(14)16)5-6-26-15)27-9-17(25)21-12-4-3-10(19)7-11(12)20/h3-8H,2,9H2,1H3,(H,21,25). The van der Waals surface area contributed by atoms with E-state index in [4.69, 9.17) is 4.42 Å². The summed E-state index contributed by atoms with van der Waals surface area (Å²) in [6.45, 7) is 2.00. The Kier molecular flexibility index (Phi) is 4.88. The lowest BCUT2D eigenvalue weighted by atomic mass is 10.3. The molecule has 138 valence electrons. The number of hydrogen-bond acceptors (Lipinski definition) is 5. The second-order valence-electron chi connectivity index (χ2n) is 5.77. The molecule has 0 aliphatic rings. The third kappa shape index (κ3) is 3.44. The van der Waals surface area contributed by atoms with Gasteiger partial charge in [-0.05, 0) is 18.2 Å². The molecular formula is C18H14BrFN4O2S. The summed E-state index contributed by atoms with van der Waals surface area (Å²) >= 11 is 4.43. The van der Waals surface area contributed by atoms with Gasteiger partial charge in [0.05, 0.1) is 28.7 Å². The van der Waals surface area contributed by atoms with Gasteiger partial charge in [-0.3, -0.25) is 9.20 Å². The molecule has 0 bridgehead atoms. The smallest absolute Gasteiger partial charge is 0.234 e. The van der Waals surface area contributed by atoms with Crippen LogP contribution in [0.1, 0.15) is 12.7 Å². The Morgan fingerprint density at radius 1 is 1.30 bits per heavy atom. The molecule has 0 atom stereocenters. The zero-order valence-electron chi connectivity index (χ0n) is 14.2. The van der Waals surface area contributed by atoms with Gasteiger partial charge in [-0.1, -0.05) is 34.6 Å². The van der Waals surface area contributed by atoms with Crippen LogP contribution in [0.2, 0.25) is 0 Å². The van der Waals surface area contributed by atoms with Crippen molar-refractivity contribution >= 4 is 55.9 Å². The topological polar surface area (TPSA) is 72.4 Å². The van der Waals surface area contributed by atoms with Gasteiger partial charge in [0.15, 0.2) is 5.58 Å². The number of hydrogen-bond donors (Lipinski definition) is 1. The summed E-state index contributed by atoms with van der Waals surface area (Å²) in [6, 6.07) is 8.24. The number of anilines is 1. The number of aryl methyl sites for hydroxylation is 1. The number of nitrogens with zero attached hydrogens (tertiary/aromatic N) is 3. The average Bonchev–Trinajstić information content (AvgIpc) is 3.23. The van der Waals surface area contributed by atoms with Crippen LogP contribution >= 0.6 is 27.7 Å². The first-order valence-electron chi connectivity index (χ1n) is 8.18. The number of rotatable bonds is 5. The largest absolute Gasteiger partial charge is 0.463 e. The number of aromatic nitrogens is 3. The number of fused-ring (bicyclic) bond motifs is 3. The van der Waals surface area contributed by atoms with E-state index in [2.05, 4.69) is 31.4 Å². The number of benzene rings is 1. The van der Waals surface area contributed by atoms with Gasteiger partial charge in [0.2, 0.25) is 5.91 Å².